The molecule has 0 radical (unpaired) electrons. The fraction of sp³-hybridized carbons (Fsp3) is 0.538. The second-order valence-corrected chi connectivity index (χ2v) is 4.29. The van der Waals surface area contributed by atoms with Crippen molar-refractivity contribution in [3.05, 3.63) is 30.1 Å². The first-order valence-corrected chi connectivity index (χ1v) is 6.10. The minimum atomic E-state index is 0.0987. The van der Waals surface area contributed by atoms with Crippen molar-refractivity contribution in [1.82, 2.24) is 10.3 Å². The second-order valence-electron chi connectivity index (χ2n) is 4.29. The van der Waals surface area contributed by atoms with Gasteiger partial charge in [-0.05, 0) is 31.9 Å². The highest BCUT2D eigenvalue weighted by Crippen LogP contribution is 1.98. The summed E-state index contributed by atoms with van der Waals surface area (Å²) in [6.45, 7) is 2.60. The molecule has 1 aromatic heterocycles. The molecule has 3 N–H and O–H groups in total. The highest BCUT2D eigenvalue weighted by Gasteiger charge is 2.02. The number of aromatic nitrogens is 1. The summed E-state index contributed by atoms with van der Waals surface area (Å²) in [6.07, 6.45) is 4.85. The van der Waals surface area contributed by atoms with Crippen LogP contribution in [0, 0.1) is 0 Å². The molecule has 0 aliphatic carbocycles. The SMILES string of the molecule is CC(N)CCCC(=O)NCCc1ccccn1. The summed E-state index contributed by atoms with van der Waals surface area (Å²) in [5, 5.41) is 2.89. The van der Waals surface area contributed by atoms with E-state index >= 15 is 0 Å². The number of nitrogens with zero attached hydrogens (tertiary/aromatic N) is 1. The maximum Gasteiger partial charge on any atom is 0.220 e. The Morgan fingerprint density at radius 1 is 1.53 bits per heavy atom. The van der Waals surface area contributed by atoms with Crippen molar-refractivity contribution < 1.29 is 4.79 Å². The van der Waals surface area contributed by atoms with Crippen molar-refractivity contribution in [2.45, 2.75) is 38.6 Å². The fourth-order valence-corrected chi connectivity index (χ4v) is 1.55. The standard InChI is InChI=1S/C13H21N3O/c1-11(14)5-4-7-13(17)16-10-8-12-6-2-3-9-15-12/h2-3,6,9,11H,4-5,7-8,10,14H2,1H3,(H,16,17). The quantitative estimate of drug-likeness (QED) is 0.747. The Bertz CT molecular complexity index is 325. The number of hydrogen-bond acceptors (Lipinski definition) is 3. The molecule has 0 aliphatic rings. The molecular formula is C13H21N3O. The fourth-order valence-electron chi connectivity index (χ4n) is 1.55. The minimum absolute atomic E-state index is 0.0987. The summed E-state index contributed by atoms with van der Waals surface area (Å²) in [5.41, 5.74) is 6.62. The van der Waals surface area contributed by atoms with Crippen LogP contribution >= 0.6 is 0 Å². The summed E-state index contributed by atoms with van der Waals surface area (Å²) in [7, 11) is 0. The van der Waals surface area contributed by atoms with Gasteiger partial charge < -0.3 is 11.1 Å². The van der Waals surface area contributed by atoms with Crippen molar-refractivity contribution in [1.29, 1.82) is 0 Å². The van der Waals surface area contributed by atoms with Gasteiger partial charge in [-0.2, -0.15) is 0 Å². The van der Waals surface area contributed by atoms with Gasteiger partial charge in [0.1, 0.15) is 0 Å². The predicted octanol–water partition coefficient (Wildman–Crippen LogP) is 1.26. The number of pyridine rings is 1. The minimum Gasteiger partial charge on any atom is -0.356 e. The molecule has 1 unspecified atom stereocenters. The van der Waals surface area contributed by atoms with Crippen molar-refractivity contribution in [3.63, 3.8) is 0 Å². The van der Waals surface area contributed by atoms with Gasteiger partial charge in [-0.1, -0.05) is 6.07 Å². The molecule has 0 saturated heterocycles. The monoisotopic (exact) mass is 235 g/mol. The zero-order valence-corrected chi connectivity index (χ0v) is 10.4. The van der Waals surface area contributed by atoms with Gasteiger partial charge in [-0.25, -0.2) is 0 Å². The summed E-state index contributed by atoms with van der Waals surface area (Å²) in [4.78, 5) is 15.6. The van der Waals surface area contributed by atoms with Gasteiger partial charge >= 0.3 is 0 Å². The molecule has 0 aromatic carbocycles. The van der Waals surface area contributed by atoms with Gasteiger partial charge in [-0.3, -0.25) is 9.78 Å². The number of carbonyl (C=O) groups is 1. The molecule has 4 nitrogen and oxygen atoms in total. The van der Waals surface area contributed by atoms with E-state index < -0.39 is 0 Å². The van der Waals surface area contributed by atoms with Crippen LogP contribution in [0.2, 0.25) is 0 Å². The van der Waals surface area contributed by atoms with Gasteiger partial charge in [0.15, 0.2) is 0 Å². The van der Waals surface area contributed by atoms with Gasteiger partial charge in [0.2, 0.25) is 5.91 Å². The van der Waals surface area contributed by atoms with Crippen molar-refractivity contribution in [2.24, 2.45) is 5.73 Å². The van der Waals surface area contributed by atoms with Gasteiger partial charge in [0.05, 0.1) is 0 Å². The number of carbonyl (C=O) groups excluding carboxylic acids is 1. The molecule has 0 bridgehead atoms. The van der Waals surface area contributed by atoms with Crippen molar-refractivity contribution >= 4 is 5.91 Å². The maximum atomic E-state index is 11.4. The van der Waals surface area contributed by atoms with Crippen LogP contribution in [0.25, 0.3) is 0 Å². The average molecular weight is 235 g/mol. The highest BCUT2D eigenvalue weighted by atomic mass is 16.1. The largest absolute Gasteiger partial charge is 0.356 e. The van der Waals surface area contributed by atoms with E-state index in [2.05, 4.69) is 10.3 Å². The molecule has 1 atom stereocenters. The average Bonchev–Trinajstić information content (AvgIpc) is 2.30. The van der Waals surface area contributed by atoms with E-state index in [4.69, 9.17) is 5.73 Å². The maximum absolute atomic E-state index is 11.4. The number of nitrogens with two attached hydrogens (primary N) is 1. The van der Waals surface area contributed by atoms with Crippen LogP contribution in [0.15, 0.2) is 24.4 Å². The first-order chi connectivity index (χ1) is 8.18. The Morgan fingerprint density at radius 3 is 3.00 bits per heavy atom. The van der Waals surface area contributed by atoms with Gasteiger partial charge in [0.25, 0.3) is 0 Å². The van der Waals surface area contributed by atoms with E-state index in [1.54, 1.807) is 6.20 Å². The first kappa shape index (κ1) is 13.6. The van der Waals surface area contributed by atoms with E-state index in [0.29, 0.717) is 13.0 Å². The van der Waals surface area contributed by atoms with Gasteiger partial charge in [-0.15, -0.1) is 0 Å². The summed E-state index contributed by atoms with van der Waals surface area (Å²) in [5.74, 6) is 0.0987. The van der Waals surface area contributed by atoms with Crippen LogP contribution in [0.3, 0.4) is 0 Å². The first-order valence-electron chi connectivity index (χ1n) is 6.10. The van der Waals surface area contributed by atoms with E-state index in [9.17, 15) is 4.79 Å². The van der Waals surface area contributed by atoms with Crippen LogP contribution in [0.4, 0.5) is 0 Å². The van der Waals surface area contributed by atoms with Crippen LogP contribution < -0.4 is 11.1 Å². The summed E-state index contributed by atoms with van der Waals surface area (Å²) in [6, 6.07) is 5.97. The summed E-state index contributed by atoms with van der Waals surface area (Å²) >= 11 is 0. The molecule has 1 aromatic rings. The lowest BCUT2D eigenvalue weighted by atomic mass is 10.1. The van der Waals surface area contributed by atoms with Crippen LogP contribution in [-0.4, -0.2) is 23.5 Å². The lowest BCUT2D eigenvalue weighted by molar-refractivity contribution is -0.121. The Kier molecular flexibility index (Phi) is 6.25. The lowest BCUT2D eigenvalue weighted by Gasteiger charge is -2.06. The van der Waals surface area contributed by atoms with Crippen LogP contribution in [0.5, 0.6) is 0 Å². The molecule has 0 spiro atoms. The molecule has 1 rings (SSSR count). The number of amides is 1. The molecule has 4 heteroatoms. The smallest absolute Gasteiger partial charge is 0.220 e. The second kappa shape index (κ2) is 7.79. The zero-order valence-electron chi connectivity index (χ0n) is 10.4. The lowest BCUT2D eigenvalue weighted by Crippen LogP contribution is -2.26. The Balaban J connectivity index is 2.08. The third-order valence-corrected chi connectivity index (χ3v) is 2.49. The Morgan fingerprint density at radius 2 is 2.35 bits per heavy atom. The third-order valence-electron chi connectivity index (χ3n) is 2.49. The van der Waals surface area contributed by atoms with E-state index in [1.165, 1.54) is 0 Å². The Hall–Kier alpha value is -1.42. The number of hydrogen-bond donors (Lipinski definition) is 2. The molecular weight excluding hydrogens is 214 g/mol. The van der Waals surface area contributed by atoms with E-state index in [1.807, 2.05) is 25.1 Å². The molecule has 0 saturated carbocycles. The molecule has 0 fully saturated rings. The number of rotatable bonds is 7. The zero-order chi connectivity index (χ0) is 12.5. The van der Waals surface area contributed by atoms with E-state index in [0.717, 1.165) is 25.0 Å². The van der Waals surface area contributed by atoms with Crippen LogP contribution in [0.1, 0.15) is 31.9 Å². The molecule has 94 valence electrons. The summed E-state index contributed by atoms with van der Waals surface area (Å²) < 4.78 is 0. The van der Waals surface area contributed by atoms with E-state index in [-0.39, 0.29) is 11.9 Å². The molecule has 0 aliphatic heterocycles. The predicted molar refractivity (Wildman–Crippen MR) is 68.5 cm³/mol. The Labute approximate surface area is 103 Å². The van der Waals surface area contributed by atoms with Crippen molar-refractivity contribution in [2.75, 3.05) is 6.54 Å². The number of nitrogens with one attached hydrogen (secondary N) is 1. The molecule has 1 heterocycles. The topological polar surface area (TPSA) is 68.0 Å². The third kappa shape index (κ3) is 6.68. The van der Waals surface area contributed by atoms with Crippen molar-refractivity contribution in [3.8, 4) is 0 Å². The highest BCUT2D eigenvalue weighted by molar-refractivity contribution is 5.75. The van der Waals surface area contributed by atoms with Crippen LogP contribution in [-0.2, 0) is 11.2 Å². The van der Waals surface area contributed by atoms with Gasteiger partial charge in [0, 0.05) is 37.3 Å². The molecule has 1 amide bonds. The normalized spacial score (nSPS) is 12.1. The molecule has 17 heavy (non-hydrogen) atoms.